The summed E-state index contributed by atoms with van der Waals surface area (Å²) in [7, 11) is 1.65. The number of imidazole rings is 1. The molecule has 1 atom stereocenters. The van der Waals surface area contributed by atoms with Crippen LogP contribution in [0.25, 0.3) is 16.6 Å². The van der Waals surface area contributed by atoms with E-state index in [1.165, 1.54) is 11.0 Å². The third-order valence-corrected chi connectivity index (χ3v) is 4.94. The summed E-state index contributed by atoms with van der Waals surface area (Å²) in [5.74, 6) is -1.79. The Kier molecular flexibility index (Phi) is 3.80. The number of hydrogen-bond acceptors (Lipinski definition) is 4. The SMILES string of the molecule is CN1C=C(c2cc3[nH]cnc3cc2Oc2ccc(F)cc2F)C2C=CN=C2C1=O. The van der Waals surface area contributed by atoms with E-state index in [4.69, 9.17) is 4.74 Å². The normalized spacial score (nSPS) is 18.1. The van der Waals surface area contributed by atoms with Gasteiger partial charge in [-0.05, 0) is 23.8 Å². The first-order chi connectivity index (χ1) is 14.0. The Morgan fingerprint density at radius 3 is 2.86 bits per heavy atom. The minimum absolute atomic E-state index is 0.112. The van der Waals surface area contributed by atoms with Crippen molar-refractivity contribution in [1.29, 1.82) is 0 Å². The topological polar surface area (TPSA) is 70.6 Å². The van der Waals surface area contributed by atoms with Crippen LogP contribution >= 0.6 is 0 Å². The number of fused-ring (bicyclic) bond motifs is 2. The number of amides is 1. The highest BCUT2D eigenvalue weighted by atomic mass is 19.1. The predicted molar refractivity (Wildman–Crippen MR) is 103 cm³/mol. The fraction of sp³-hybridized carbons (Fsp3) is 0.0952. The Bertz CT molecular complexity index is 1260. The molecule has 1 amide bonds. The van der Waals surface area contributed by atoms with Gasteiger partial charge >= 0.3 is 0 Å². The highest BCUT2D eigenvalue weighted by Crippen LogP contribution is 2.41. The van der Waals surface area contributed by atoms with E-state index in [1.54, 1.807) is 31.8 Å². The molecule has 0 saturated carbocycles. The monoisotopic (exact) mass is 392 g/mol. The molecule has 8 heteroatoms. The number of benzene rings is 2. The van der Waals surface area contributed by atoms with Crippen molar-refractivity contribution < 1.29 is 18.3 Å². The molecule has 3 aromatic rings. The van der Waals surface area contributed by atoms with Crippen LogP contribution in [0.1, 0.15) is 5.56 Å². The zero-order valence-corrected chi connectivity index (χ0v) is 15.2. The largest absolute Gasteiger partial charge is 0.454 e. The Hall–Kier alpha value is -3.81. The summed E-state index contributed by atoms with van der Waals surface area (Å²) in [6.07, 6.45) is 6.68. The molecule has 0 aliphatic carbocycles. The van der Waals surface area contributed by atoms with Gasteiger partial charge in [0, 0.05) is 37.1 Å². The lowest BCUT2D eigenvalue weighted by Crippen LogP contribution is -2.37. The number of aliphatic imine (C=N–C) groups is 1. The number of carbonyl (C=O) groups excluding carboxylic acids is 1. The summed E-state index contributed by atoms with van der Waals surface area (Å²) in [5.41, 5.74) is 3.21. The number of aromatic nitrogens is 2. The summed E-state index contributed by atoms with van der Waals surface area (Å²) in [4.78, 5) is 25.3. The van der Waals surface area contributed by atoms with Gasteiger partial charge in [-0.2, -0.15) is 0 Å². The van der Waals surface area contributed by atoms with Crippen LogP contribution in [0.2, 0.25) is 0 Å². The summed E-state index contributed by atoms with van der Waals surface area (Å²) in [5, 5.41) is 0. The maximum Gasteiger partial charge on any atom is 0.272 e. The van der Waals surface area contributed by atoms with Gasteiger partial charge in [0.25, 0.3) is 5.91 Å². The number of nitrogens with one attached hydrogen (secondary N) is 1. The number of rotatable bonds is 3. The standard InChI is InChI=1S/C21H14F2N4O2/c1-27-9-14(12-4-5-24-20(12)21(27)28)13-7-16-17(26-10-25-16)8-19(13)29-18-3-2-11(22)6-15(18)23/h2-10,12H,1H3,(H,25,26). The lowest BCUT2D eigenvalue weighted by molar-refractivity contribution is -0.121. The van der Waals surface area contributed by atoms with Crippen LogP contribution in [0.3, 0.4) is 0 Å². The number of hydrogen-bond donors (Lipinski definition) is 1. The van der Waals surface area contributed by atoms with Gasteiger partial charge in [0.05, 0.1) is 23.3 Å². The molecule has 0 saturated heterocycles. The molecule has 6 nitrogen and oxygen atoms in total. The number of ether oxygens (including phenoxy) is 1. The van der Waals surface area contributed by atoms with E-state index in [0.717, 1.165) is 23.2 Å². The van der Waals surface area contributed by atoms with Crippen molar-refractivity contribution in [2.24, 2.45) is 10.9 Å². The molecular weight excluding hydrogens is 378 g/mol. The Balaban J connectivity index is 1.68. The first kappa shape index (κ1) is 17.3. The molecular formula is C21H14F2N4O2. The highest BCUT2D eigenvalue weighted by Gasteiger charge is 2.35. The molecule has 0 spiro atoms. The van der Waals surface area contributed by atoms with Crippen molar-refractivity contribution >= 4 is 28.2 Å². The number of aromatic amines is 1. The van der Waals surface area contributed by atoms with Crippen molar-refractivity contribution in [1.82, 2.24) is 14.9 Å². The summed E-state index contributed by atoms with van der Waals surface area (Å²) in [6.45, 7) is 0. The zero-order chi connectivity index (χ0) is 20.1. The minimum Gasteiger partial charge on any atom is -0.454 e. The van der Waals surface area contributed by atoms with Crippen LogP contribution in [-0.2, 0) is 4.79 Å². The van der Waals surface area contributed by atoms with Crippen molar-refractivity contribution in [3.63, 3.8) is 0 Å². The molecule has 1 unspecified atom stereocenters. The van der Waals surface area contributed by atoms with Gasteiger partial charge < -0.3 is 14.6 Å². The van der Waals surface area contributed by atoms with Gasteiger partial charge in [-0.1, -0.05) is 6.08 Å². The van der Waals surface area contributed by atoms with Gasteiger partial charge in [-0.15, -0.1) is 0 Å². The lowest BCUT2D eigenvalue weighted by atomic mass is 9.86. The average molecular weight is 392 g/mol. The second-order valence-electron chi connectivity index (χ2n) is 6.78. The molecule has 29 heavy (non-hydrogen) atoms. The van der Waals surface area contributed by atoms with Gasteiger partial charge in [-0.3, -0.25) is 9.79 Å². The van der Waals surface area contributed by atoms with Crippen molar-refractivity contribution in [3.8, 4) is 11.5 Å². The molecule has 2 aromatic carbocycles. The van der Waals surface area contributed by atoms with Crippen molar-refractivity contribution in [2.45, 2.75) is 0 Å². The zero-order valence-electron chi connectivity index (χ0n) is 15.2. The second-order valence-corrected chi connectivity index (χ2v) is 6.78. The van der Waals surface area contributed by atoms with Crippen LogP contribution in [0.4, 0.5) is 8.78 Å². The molecule has 1 N–H and O–H groups in total. The third-order valence-electron chi connectivity index (χ3n) is 4.94. The van der Waals surface area contributed by atoms with Gasteiger partial charge in [0.1, 0.15) is 17.3 Å². The number of carbonyl (C=O) groups is 1. The smallest absolute Gasteiger partial charge is 0.272 e. The molecule has 0 radical (unpaired) electrons. The number of allylic oxidation sites excluding steroid dienone is 2. The van der Waals surface area contributed by atoms with Gasteiger partial charge in [-0.25, -0.2) is 13.8 Å². The number of halogens is 2. The van der Waals surface area contributed by atoms with E-state index in [2.05, 4.69) is 15.0 Å². The molecule has 3 heterocycles. The Morgan fingerprint density at radius 2 is 2.03 bits per heavy atom. The predicted octanol–water partition coefficient (Wildman–Crippen LogP) is 4.03. The van der Waals surface area contributed by atoms with Crippen LogP contribution in [0, 0.1) is 17.6 Å². The van der Waals surface area contributed by atoms with Crippen LogP contribution in [0.5, 0.6) is 11.5 Å². The van der Waals surface area contributed by atoms with Gasteiger partial charge in [0.2, 0.25) is 0 Å². The Labute approximate surface area is 163 Å². The quantitative estimate of drug-likeness (QED) is 0.732. The maximum absolute atomic E-state index is 14.2. The Morgan fingerprint density at radius 1 is 1.17 bits per heavy atom. The second kappa shape index (κ2) is 6.37. The van der Waals surface area contributed by atoms with E-state index >= 15 is 0 Å². The first-order valence-electron chi connectivity index (χ1n) is 8.85. The molecule has 5 rings (SSSR count). The molecule has 144 valence electrons. The van der Waals surface area contributed by atoms with Crippen molar-refractivity contribution in [2.75, 3.05) is 7.05 Å². The molecule has 1 aromatic heterocycles. The summed E-state index contributed by atoms with van der Waals surface area (Å²) in [6, 6.07) is 6.63. The summed E-state index contributed by atoms with van der Waals surface area (Å²) >= 11 is 0. The molecule has 0 bridgehead atoms. The lowest BCUT2D eigenvalue weighted by Gasteiger charge is -2.27. The molecule has 0 fully saturated rings. The highest BCUT2D eigenvalue weighted by molar-refractivity contribution is 6.44. The minimum atomic E-state index is -0.814. The molecule has 2 aliphatic heterocycles. The van der Waals surface area contributed by atoms with E-state index in [1.807, 2.05) is 12.1 Å². The van der Waals surface area contributed by atoms with Gasteiger partial charge in [0.15, 0.2) is 11.6 Å². The first-order valence-corrected chi connectivity index (χ1v) is 8.85. The average Bonchev–Trinajstić information content (AvgIpc) is 3.35. The summed E-state index contributed by atoms with van der Waals surface area (Å²) < 4.78 is 33.3. The van der Waals surface area contributed by atoms with E-state index < -0.39 is 11.6 Å². The molecule has 2 aliphatic rings. The van der Waals surface area contributed by atoms with E-state index in [9.17, 15) is 13.6 Å². The van der Waals surface area contributed by atoms with Crippen molar-refractivity contribution in [3.05, 3.63) is 72.3 Å². The fourth-order valence-electron chi connectivity index (χ4n) is 3.53. The maximum atomic E-state index is 14.2. The van der Waals surface area contributed by atoms with E-state index in [-0.39, 0.29) is 17.6 Å². The van der Waals surface area contributed by atoms with Crippen LogP contribution in [0.15, 0.2) is 60.1 Å². The van der Waals surface area contributed by atoms with Crippen LogP contribution in [-0.4, -0.2) is 33.5 Å². The van der Waals surface area contributed by atoms with Crippen LogP contribution < -0.4 is 4.74 Å². The third kappa shape index (κ3) is 2.80. The fourth-order valence-corrected chi connectivity index (χ4v) is 3.53. The number of nitrogens with zero attached hydrogens (tertiary/aromatic N) is 3. The van der Waals surface area contributed by atoms with E-state index in [0.29, 0.717) is 22.5 Å². The number of H-pyrrole nitrogens is 1.